The van der Waals surface area contributed by atoms with Crippen molar-refractivity contribution in [1.82, 2.24) is 4.90 Å². The molecule has 1 N–H and O–H groups in total. The van der Waals surface area contributed by atoms with Crippen LogP contribution in [0.4, 0.5) is 0 Å². The monoisotopic (exact) mass is 255 g/mol. The van der Waals surface area contributed by atoms with E-state index in [-0.39, 0.29) is 18.6 Å². The lowest BCUT2D eigenvalue weighted by Crippen LogP contribution is -2.45. The zero-order valence-corrected chi connectivity index (χ0v) is 11.3. The van der Waals surface area contributed by atoms with Crippen LogP contribution < -0.4 is 0 Å². The van der Waals surface area contributed by atoms with Gasteiger partial charge in [0, 0.05) is 32.2 Å². The van der Waals surface area contributed by atoms with Gasteiger partial charge in [-0.15, -0.1) is 0 Å². The van der Waals surface area contributed by atoms with E-state index in [2.05, 4.69) is 6.92 Å². The Bertz CT molecular complexity index is 276. The largest absolute Gasteiger partial charge is 0.396 e. The van der Waals surface area contributed by atoms with Gasteiger partial charge in [0.2, 0.25) is 5.91 Å². The average molecular weight is 255 g/mol. The normalized spacial score (nSPS) is 32.8. The summed E-state index contributed by atoms with van der Waals surface area (Å²) < 4.78 is 5.55. The number of carbonyl (C=O) groups is 1. The third kappa shape index (κ3) is 3.45. The first-order valence-corrected chi connectivity index (χ1v) is 7.22. The summed E-state index contributed by atoms with van der Waals surface area (Å²) >= 11 is 0. The van der Waals surface area contributed by atoms with E-state index in [0.29, 0.717) is 18.4 Å². The van der Waals surface area contributed by atoms with Crippen LogP contribution in [0.5, 0.6) is 0 Å². The molecule has 3 atom stereocenters. The first-order valence-electron chi connectivity index (χ1n) is 7.22. The number of aliphatic hydroxyl groups is 1. The first kappa shape index (κ1) is 13.8. The highest BCUT2D eigenvalue weighted by Crippen LogP contribution is 2.24. The molecule has 1 amide bonds. The molecule has 2 aliphatic rings. The van der Waals surface area contributed by atoms with Crippen LogP contribution in [0.2, 0.25) is 0 Å². The van der Waals surface area contributed by atoms with E-state index in [1.807, 2.05) is 4.90 Å². The van der Waals surface area contributed by atoms with Gasteiger partial charge >= 0.3 is 0 Å². The fraction of sp³-hybridized carbons (Fsp3) is 0.929. The molecule has 104 valence electrons. The molecule has 4 heteroatoms. The van der Waals surface area contributed by atoms with Crippen molar-refractivity contribution < 1.29 is 14.6 Å². The van der Waals surface area contributed by atoms with E-state index in [1.54, 1.807) is 0 Å². The molecule has 0 radical (unpaired) electrons. The van der Waals surface area contributed by atoms with Crippen LogP contribution in [0.15, 0.2) is 0 Å². The molecule has 0 saturated carbocycles. The zero-order chi connectivity index (χ0) is 13.0. The predicted molar refractivity (Wildman–Crippen MR) is 69.2 cm³/mol. The molecule has 0 aromatic rings. The second-order valence-corrected chi connectivity index (χ2v) is 5.68. The molecule has 4 nitrogen and oxygen atoms in total. The lowest BCUT2D eigenvalue weighted by atomic mass is 9.92. The molecular formula is C14H25NO3. The zero-order valence-electron chi connectivity index (χ0n) is 11.3. The fourth-order valence-corrected chi connectivity index (χ4v) is 3.11. The fourth-order valence-electron chi connectivity index (χ4n) is 3.11. The summed E-state index contributed by atoms with van der Waals surface area (Å²) in [6.07, 6.45) is 5.89. The number of ether oxygens (including phenoxy) is 1. The molecular weight excluding hydrogens is 230 g/mol. The summed E-state index contributed by atoms with van der Waals surface area (Å²) in [5.41, 5.74) is 0. The summed E-state index contributed by atoms with van der Waals surface area (Å²) in [6, 6.07) is 0.271. The lowest BCUT2D eigenvalue weighted by Gasteiger charge is -2.37. The van der Waals surface area contributed by atoms with Crippen LogP contribution in [0.25, 0.3) is 0 Å². The summed E-state index contributed by atoms with van der Waals surface area (Å²) in [7, 11) is 0. The highest BCUT2D eigenvalue weighted by molar-refractivity contribution is 5.76. The third-order valence-corrected chi connectivity index (χ3v) is 4.27. The number of rotatable bonds is 4. The summed E-state index contributed by atoms with van der Waals surface area (Å²) in [4.78, 5) is 14.2. The van der Waals surface area contributed by atoms with Gasteiger partial charge in [-0.3, -0.25) is 4.79 Å². The van der Waals surface area contributed by atoms with Gasteiger partial charge < -0.3 is 14.7 Å². The van der Waals surface area contributed by atoms with Crippen LogP contribution in [0.3, 0.4) is 0 Å². The topological polar surface area (TPSA) is 49.8 Å². The average Bonchev–Trinajstić information content (AvgIpc) is 2.88. The van der Waals surface area contributed by atoms with Crippen molar-refractivity contribution in [1.29, 1.82) is 0 Å². The number of likely N-dealkylation sites (tertiary alicyclic amines) is 1. The van der Waals surface area contributed by atoms with E-state index >= 15 is 0 Å². The SMILES string of the molecule is C[C@H]1C[C@@H](CO)CCN1C(=O)CCC1CCCO1. The maximum absolute atomic E-state index is 12.2. The highest BCUT2D eigenvalue weighted by Gasteiger charge is 2.28. The Hall–Kier alpha value is -0.610. The number of aliphatic hydroxyl groups excluding tert-OH is 1. The number of hydrogen-bond acceptors (Lipinski definition) is 3. The molecule has 0 aliphatic carbocycles. The van der Waals surface area contributed by atoms with E-state index in [9.17, 15) is 4.79 Å². The van der Waals surface area contributed by atoms with Gasteiger partial charge in [0.15, 0.2) is 0 Å². The van der Waals surface area contributed by atoms with E-state index in [4.69, 9.17) is 9.84 Å². The van der Waals surface area contributed by atoms with Gasteiger partial charge in [0.25, 0.3) is 0 Å². The van der Waals surface area contributed by atoms with Gasteiger partial charge in [0.05, 0.1) is 6.10 Å². The minimum absolute atomic E-state index is 0.252. The minimum atomic E-state index is 0.252. The Morgan fingerprint density at radius 2 is 2.28 bits per heavy atom. The van der Waals surface area contributed by atoms with Gasteiger partial charge in [-0.25, -0.2) is 0 Å². The number of amides is 1. The second-order valence-electron chi connectivity index (χ2n) is 5.68. The van der Waals surface area contributed by atoms with Crippen molar-refractivity contribution in [2.75, 3.05) is 19.8 Å². The Morgan fingerprint density at radius 1 is 1.44 bits per heavy atom. The summed E-state index contributed by atoms with van der Waals surface area (Å²) in [5.74, 6) is 0.636. The van der Waals surface area contributed by atoms with E-state index < -0.39 is 0 Å². The molecule has 0 aromatic carbocycles. The van der Waals surface area contributed by atoms with Crippen molar-refractivity contribution in [3.63, 3.8) is 0 Å². The molecule has 1 unspecified atom stereocenters. The van der Waals surface area contributed by atoms with Crippen LogP contribution >= 0.6 is 0 Å². The minimum Gasteiger partial charge on any atom is -0.396 e. The molecule has 2 saturated heterocycles. The van der Waals surface area contributed by atoms with Crippen LogP contribution in [0.1, 0.15) is 45.4 Å². The highest BCUT2D eigenvalue weighted by atomic mass is 16.5. The number of nitrogens with zero attached hydrogens (tertiary/aromatic N) is 1. The maximum atomic E-state index is 12.2. The number of hydrogen-bond donors (Lipinski definition) is 1. The first-order chi connectivity index (χ1) is 8.70. The molecule has 2 heterocycles. The number of carbonyl (C=O) groups excluding carboxylic acids is 1. The van der Waals surface area contributed by atoms with Crippen LogP contribution in [0, 0.1) is 5.92 Å². The van der Waals surface area contributed by atoms with Gasteiger partial charge in [0.1, 0.15) is 0 Å². The van der Waals surface area contributed by atoms with E-state index in [0.717, 1.165) is 45.3 Å². The Labute approximate surface area is 109 Å². The van der Waals surface area contributed by atoms with Crippen LogP contribution in [-0.2, 0) is 9.53 Å². The lowest BCUT2D eigenvalue weighted by molar-refractivity contribution is -0.136. The van der Waals surface area contributed by atoms with Crippen molar-refractivity contribution >= 4 is 5.91 Å². The third-order valence-electron chi connectivity index (χ3n) is 4.27. The summed E-state index contributed by atoms with van der Waals surface area (Å²) in [6.45, 7) is 4.00. The molecule has 2 aliphatic heterocycles. The maximum Gasteiger partial charge on any atom is 0.222 e. The summed E-state index contributed by atoms with van der Waals surface area (Å²) in [5, 5.41) is 9.16. The van der Waals surface area contributed by atoms with Crippen molar-refractivity contribution in [2.45, 2.75) is 57.6 Å². The Balaban J connectivity index is 1.74. The quantitative estimate of drug-likeness (QED) is 0.829. The van der Waals surface area contributed by atoms with Gasteiger partial charge in [-0.1, -0.05) is 0 Å². The Morgan fingerprint density at radius 3 is 2.89 bits per heavy atom. The molecule has 2 fully saturated rings. The standard InChI is InChI=1S/C14H25NO3/c1-11-9-12(10-16)6-7-15(11)14(17)5-4-13-3-2-8-18-13/h11-13,16H,2-10H2,1H3/t11-,12-,13?/m0/s1. The number of piperidine rings is 1. The van der Waals surface area contributed by atoms with Gasteiger partial charge in [-0.2, -0.15) is 0 Å². The molecule has 2 rings (SSSR count). The van der Waals surface area contributed by atoms with Crippen LogP contribution in [-0.4, -0.2) is 47.8 Å². The van der Waals surface area contributed by atoms with E-state index in [1.165, 1.54) is 0 Å². The predicted octanol–water partition coefficient (Wildman–Crippen LogP) is 1.56. The molecule has 0 aromatic heterocycles. The molecule has 18 heavy (non-hydrogen) atoms. The second kappa shape index (κ2) is 6.53. The molecule has 0 spiro atoms. The Kier molecular flexibility index (Phi) is 5.01. The van der Waals surface area contributed by atoms with Crippen molar-refractivity contribution in [3.8, 4) is 0 Å². The molecule has 0 bridgehead atoms. The van der Waals surface area contributed by atoms with Gasteiger partial charge in [-0.05, 0) is 44.9 Å². The smallest absolute Gasteiger partial charge is 0.222 e. The van der Waals surface area contributed by atoms with Crippen molar-refractivity contribution in [2.24, 2.45) is 5.92 Å². The van der Waals surface area contributed by atoms with Crippen molar-refractivity contribution in [3.05, 3.63) is 0 Å².